The first kappa shape index (κ1) is 23.8. The molecular formula is C26H19Cl2N3O6. The van der Waals surface area contributed by atoms with Crippen LogP contribution in [0.3, 0.4) is 0 Å². The highest BCUT2D eigenvalue weighted by molar-refractivity contribution is 6.36. The van der Waals surface area contributed by atoms with E-state index in [9.17, 15) is 29.3 Å². The molecule has 2 saturated carbocycles. The first-order valence-corrected chi connectivity index (χ1v) is 12.5. The number of hydrazine groups is 1. The van der Waals surface area contributed by atoms with Crippen LogP contribution < -0.4 is 0 Å². The standard InChI is InChI=1S/C26H19Cl2N3O6/c27-13-3-6-17(20(28)9-13)24(33)29(11-21(32)12-1-4-14(5-2-12)31(36)37)30-25(34)22-15-7-8-16(19-10-18(15)19)23(22)26(30)35/h1-9,15-16,18-19,22-23H,10-11H2/t15-,16-,18-,19+,22-,23+/m0/s1. The van der Waals surface area contributed by atoms with Gasteiger partial charge in [0.15, 0.2) is 5.78 Å². The molecule has 3 fully saturated rings. The summed E-state index contributed by atoms with van der Waals surface area (Å²) in [7, 11) is 0. The number of amides is 3. The second kappa shape index (κ2) is 8.49. The van der Waals surface area contributed by atoms with Crippen LogP contribution in [0.1, 0.15) is 27.1 Å². The Morgan fingerprint density at radius 1 is 0.973 bits per heavy atom. The van der Waals surface area contributed by atoms with Gasteiger partial charge >= 0.3 is 0 Å². The third-order valence-corrected chi connectivity index (χ3v) is 8.52. The molecule has 9 nitrogen and oxygen atoms in total. The average molecular weight is 540 g/mol. The molecule has 7 rings (SSSR count). The molecule has 6 atom stereocenters. The Balaban J connectivity index is 1.36. The molecule has 0 spiro atoms. The molecule has 5 aliphatic rings. The number of hydrogen-bond acceptors (Lipinski definition) is 6. The van der Waals surface area contributed by atoms with E-state index in [1.165, 1.54) is 42.5 Å². The van der Waals surface area contributed by atoms with Crippen molar-refractivity contribution in [1.29, 1.82) is 0 Å². The number of rotatable bonds is 6. The van der Waals surface area contributed by atoms with Crippen LogP contribution in [-0.4, -0.2) is 45.0 Å². The normalized spacial score (nSPS) is 28.6. The van der Waals surface area contributed by atoms with Gasteiger partial charge in [0, 0.05) is 22.7 Å². The Kier molecular flexibility index (Phi) is 5.47. The molecule has 0 aromatic heterocycles. The van der Waals surface area contributed by atoms with Crippen LogP contribution in [-0.2, 0) is 9.59 Å². The maximum atomic E-state index is 13.7. The molecular weight excluding hydrogens is 521 g/mol. The molecule has 1 aliphatic heterocycles. The predicted octanol–water partition coefficient (Wildman–Crippen LogP) is 4.19. The van der Waals surface area contributed by atoms with Crippen molar-refractivity contribution in [3.05, 3.63) is 85.9 Å². The number of carbonyl (C=O) groups excluding carboxylic acids is 4. The highest BCUT2D eigenvalue weighted by Crippen LogP contribution is 2.65. The number of allylic oxidation sites excluding steroid dienone is 2. The fourth-order valence-electron chi connectivity index (χ4n) is 6.21. The van der Waals surface area contributed by atoms with Gasteiger partial charge in [-0.1, -0.05) is 35.4 Å². The lowest BCUT2D eigenvalue weighted by molar-refractivity contribution is -0.384. The molecule has 2 aromatic rings. The molecule has 2 aromatic carbocycles. The maximum absolute atomic E-state index is 13.7. The molecule has 4 aliphatic carbocycles. The highest BCUT2D eigenvalue weighted by atomic mass is 35.5. The monoisotopic (exact) mass is 539 g/mol. The second-order valence-corrected chi connectivity index (χ2v) is 10.7. The van der Waals surface area contributed by atoms with Gasteiger partial charge in [-0.3, -0.25) is 29.3 Å². The van der Waals surface area contributed by atoms with Gasteiger partial charge in [-0.15, -0.1) is 0 Å². The molecule has 188 valence electrons. The molecule has 2 bridgehead atoms. The van der Waals surface area contributed by atoms with E-state index >= 15 is 0 Å². The van der Waals surface area contributed by atoms with Crippen LogP contribution in [0.25, 0.3) is 0 Å². The SMILES string of the molecule is O=C(CN(C(=O)c1ccc(Cl)cc1Cl)N1C(=O)[C@@H]2[C@H]3C=C[C@@H]([C@@H]4C[C@H]34)[C@@H]2C1=O)c1ccc([N+](=O)[O-])cc1. The van der Waals surface area contributed by atoms with E-state index in [0.717, 1.165) is 16.4 Å². The number of ketones is 1. The van der Waals surface area contributed by atoms with Crippen molar-refractivity contribution in [2.24, 2.45) is 35.5 Å². The number of nitrogens with zero attached hydrogens (tertiary/aromatic N) is 3. The summed E-state index contributed by atoms with van der Waals surface area (Å²) in [6, 6.07) is 9.05. The lowest BCUT2D eigenvalue weighted by atomic mass is 9.63. The van der Waals surface area contributed by atoms with Crippen molar-refractivity contribution in [1.82, 2.24) is 10.0 Å². The van der Waals surface area contributed by atoms with E-state index in [1.54, 1.807) is 0 Å². The van der Waals surface area contributed by atoms with Gasteiger partial charge in [0.25, 0.3) is 23.4 Å². The Bertz CT molecular complexity index is 1390. The smallest absolute Gasteiger partial charge is 0.274 e. The van der Waals surface area contributed by atoms with E-state index in [-0.39, 0.29) is 38.7 Å². The molecule has 0 N–H and O–H groups in total. The summed E-state index contributed by atoms with van der Waals surface area (Å²) >= 11 is 12.2. The van der Waals surface area contributed by atoms with E-state index in [1.807, 2.05) is 12.2 Å². The zero-order chi connectivity index (χ0) is 26.2. The van der Waals surface area contributed by atoms with Gasteiger partial charge in [-0.05, 0) is 60.4 Å². The number of non-ortho nitro benzene ring substituents is 1. The van der Waals surface area contributed by atoms with E-state index in [4.69, 9.17) is 23.2 Å². The molecule has 0 unspecified atom stereocenters. The second-order valence-electron chi connectivity index (χ2n) is 9.86. The van der Waals surface area contributed by atoms with E-state index < -0.39 is 46.8 Å². The molecule has 3 amide bonds. The van der Waals surface area contributed by atoms with Crippen molar-refractivity contribution >= 4 is 52.4 Å². The lowest BCUT2D eigenvalue weighted by Crippen LogP contribution is -2.52. The fraction of sp³-hybridized carbons (Fsp3) is 0.308. The van der Waals surface area contributed by atoms with Gasteiger partial charge < -0.3 is 0 Å². The number of Topliss-reactive ketones (excluding diaryl/α,β-unsaturated/α-hetero) is 1. The van der Waals surface area contributed by atoms with Crippen molar-refractivity contribution in [3.63, 3.8) is 0 Å². The Morgan fingerprint density at radius 3 is 2.11 bits per heavy atom. The molecule has 11 heteroatoms. The third kappa shape index (κ3) is 3.67. The number of nitro groups is 1. The lowest BCUT2D eigenvalue weighted by Gasteiger charge is -2.37. The van der Waals surface area contributed by atoms with Crippen LogP contribution in [0.2, 0.25) is 10.0 Å². The zero-order valence-corrected chi connectivity index (χ0v) is 20.6. The van der Waals surface area contributed by atoms with Crippen LogP contribution >= 0.6 is 23.2 Å². The van der Waals surface area contributed by atoms with Gasteiger partial charge in [-0.2, -0.15) is 5.01 Å². The summed E-state index contributed by atoms with van der Waals surface area (Å²) in [5.74, 6) is -2.96. The molecule has 1 heterocycles. The van der Waals surface area contributed by atoms with E-state index in [2.05, 4.69) is 0 Å². The topological polar surface area (TPSA) is 118 Å². The van der Waals surface area contributed by atoms with Crippen molar-refractivity contribution in [2.75, 3.05) is 6.54 Å². The van der Waals surface area contributed by atoms with Crippen LogP contribution in [0.5, 0.6) is 0 Å². The summed E-state index contributed by atoms with van der Waals surface area (Å²) in [6.07, 6.45) is 5.01. The third-order valence-electron chi connectivity index (χ3n) is 7.97. The predicted molar refractivity (Wildman–Crippen MR) is 131 cm³/mol. The van der Waals surface area contributed by atoms with Crippen molar-refractivity contribution in [3.8, 4) is 0 Å². The first-order valence-electron chi connectivity index (χ1n) is 11.8. The van der Waals surface area contributed by atoms with Gasteiger partial charge in [0.1, 0.15) is 6.54 Å². The maximum Gasteiger partial charge on any atom is 0.274 e. The van der Waals surface area contributed by atoms with Gasteiger partial charge in [0.2, 0.25) is 0 Å². The van der Waals surface area contributed by atoms with Gasteiger partial charge in [0.05, 0.1) is 27.3 Å². The van der Waals surface area contributed by atoms with Crippen LogP contribution in [0, 0.1) is 45.6 Å². The minimum Gasteiger partial charge on any atom is -0.292 e. The zero-order valence-electron chi connectivity index (χ0n) is 19.1. The summed E-state index contributed by atoms with van der Waals surface area (Å²) in [5.41, 5.74) is -0.139. The fourth-order valence-corrected chi connectivity index (χ4v) is 6.70. The molecule has 1 saturated heterocycles. The quantitative estimate of drug-likeness (QED) is 0.178. The highest BCUT2D eigenvalue weighted by Gasteiger charge is 2.68. The molecule has 37 heavy (non-hydrogen) atoms. The summed E-state index contributed by atoms with van der Waals surface area (Å²) < 4.78 is 0. The largest absolute Gasteiger partial charge is 0.292 e. The van der Waals surface area contributed by atoms with Crippen molar-refractivity contribution < 1.29 is 24.1 Å². The Labute approximate surface area is 220 Å². The number of halogens is 2. The number of hydrogen-bond donors (Lipinski definition) is 0. The van der Waals surface area contributed by atoms with E-state index in [0.29, 0.717) is 11.8 Å². The minimum atomic E-state index is -0.803. The average Bonchev–Trinajstić information content (AvgIpc) is 3.66. The number of imide groups is 1. The number of nitro benzene ring substituents is 1. The number of benzene rings is 2. The van der Waals surface area contributed by atoms with Gasteiger partial charge in [-0.25, -0.2) is 5.01 Å². The minimum absolute atomic E-state index is 0.00442. The Morgan fingerprint density at radius 2 is 1.57 bits per heavy atom. The van der Waals surface area contributed by atoms with Crippen LogP contribution in [0.15, 0.2) is 54.6 Å². The number of carbonyl (C=O) groups is 4. The summed E-state index contributed by atoms with van der Waals surface area (Å²) in [5, 5.41) is 12.9. The summed E-state index contributed by atoms with van der Waals surface area (Å²) in [4.78, 5) is 64.7. The van der Waals surface area contributed by atoms with Crippen LogP contribution in [0.4, 0.5) is 5.69 Å². The first-order chi connectivity index (χ1) is 17.7. The molecule has 0 radical (unpaired) electrons. The van der Waals surface area contributed by atoms with Crippen molar-refractivity contribution in [2.45, 2.75) is 6.42 Å². The summed E-state index contributed by atoms with van der Waals surface area (Å²) in [6.45, 7) is -0.637. The Hall–Kier alpha value is -3.56.